The highest BCUT2D eigenvalue weighted by Gasteiger charge is 2.48. The lowest BCUT2D eigenvalue weighted by Crippen LogP contribution is -2.15. The largest absolute Gasteiger partial charge is 0.462 e. The average molecular weight is 168 g/mol. The van der Waals surface area contributed by atoms with Gasteiger partial charge in [0.2, 0.25) is 0 Å². The Morgan fingerprint density at radius 1 is 1.50 bits per heavy atom. The van der Waals surface area contributed by atoms with Crippen molar-refractivity contribution in [1.82, 2.24) is 0 Å². The summed E-state index contributed by atoms with van der Waals surface area (Å²) in [6.07, 6.45) is 3.46. The molecule has 1 saturated heterocycles. The fraction of sp³-hybridized carbons (Fsp3) is 0.900. The van der Waals surface area contributed by atoms with Gasteiger partial charge in [0.15, 0.2) is 0 Å². The van der Waals surface area contributed by atoms with Crippen LogP contribution in [0.1, 0.15) is 33.1 Å². The Bertz CT molecular complexity index is 200. The van der Waals surface area contributed by atoms with Gasteiger partial charge in [-0.1, -0.05) is 13.8 Å². The summed E-state index contributed by atoms with van der Waals surface area (Å²) in [5.74, 6) is 1.57. The van der Waals surface area contributed by atoms with Gasteiger partial charge >= 0.3 is 5.97 Å². The maximum absolute atomic E-state index is 11.3. The minimum Gasteiger partial charge on any atom is -0.462 e. The summed E-state index contributed by atoms with van der Waals surface area (Å²) in [4.78, 5) is 11.3. The molecule has 1 heterocycles. The highest BCUT2D eigenvalue weighted by molar-refractivity contribution is 5.75. The van der Waals surface area contributed by atoms with Crippen LogP contribution in [0.15, 0.2) is 0 Å². The second kappa shape index (κ2) is 2.75. The normalized spacial score (nSPS) is 46.0. The smallest absolute Gasteiger partial charge is 0.309 e. The van der Waals surface area contributed by atoms with Gasteiger partial charge < -0.3 is 4.74 Å². The van der Waals surface area contributed by atoms with E-state index in [1.165, 1.54) is 6.42 Å². The molecule has 2 aliphatic rings. The Morgan fingerprint density at radius 2 is 2.25 bits per heavy atom. The topological polar surface area (TPSA) is 26.3 Å². The Balaban J connectivity index is 2.13. The minimum atomic E-state index is 0.0659. The van der Waals surface area contributed by atoms with E-state index >= 15 is 0 Å². The highest BCUT2D eigenvalue weighted by atomic mass is 16.6. The molecule has 68 valence electrons. The van der Waals surface area contributed by atoms with Gasteiger partial charge in [0.1, 0.15) is 6.10 Å². The molecule has 0 amide bonds. The fourth-order valence-electron chi connectivity index (χ4n) is 2.73. The third kappa shape index (κ3) is 1.05. The van der Waals surface area contributed by atoms with Crippen molar-refractivity contribution >= 4 is 5.97 Å². The predicted molar refractivity (Wildman–Crippen MR) is 45.5 cm³/mol. The molecule has 12 heavy (non-hydrogen) atoms. The number of esters is 1. The SMILES string of the molecule is CCC1OC(=O)C2CC(C)CC12. The lowest BCUT2D eigenvalue weighted by Gasteiger charge is -2.13. The van der Waals surface area contributed by atoms with E-state index in [9.17, 15) is 4.79 Å². The fourth-order valence-corrected chi connectivity index (χ4v) is 2.73. The maximum Gasteiger partial charge on any atom is 0.309 e. The van der Waals surface area contributed by atoms with Crippen LogP contribution in [-0.4, -0.2) is 12.1 Å². The van der Waals surface area contributed by atoms with E-state index in [1.807, 2.05) is 0 Å². The zero-order valence-corrected chi connectivity index (χ0v) is 7.75. The van der Waals surface area contributed by atoms with Gasteiger partial charge in [0, 0.05) is 5.92 Å². The molecule has 2 nitrogen and oxygen atoms in total. The first-order valence-corrected chi connectivity index (χ1v) is 4.92. The van der Waals surface area contributed by atoms with Crippen molar-refractivity contribution in [3.8, 4) is 0 Å². The third-order valence-electron chi connectivity index (χ3n) is 3.30. The van der Waals surface area contributed by atoms with Crippen LogP contribution in [0.25, 0.3) is 0 Å². The minimum absolute atomic E-state index is 0.0659. The van der Waals surface area contributed by atoms with Crippen LogP contribution in [0, 0.1) is 17.8 Å². The van der Waals surface area contributed by atoms with Crippen LogP contribution >= 0.6 is 0 Å². The second-order valence-corrected chi connectivity index (χ2v) is 4.23. The first-order valence-electron chi connectivity index (χ1n) is 4.92. The Kier molecular flexibility index (Phi) is 1.85. The van der Waals surface area contributed by atoms with Crippen LogP contribution < -0.4 is 0 Å². The lowest BCUT2D eigenvalue weighted by molar-refractivity contribution is -0.144. The number of hydrogen-bond donors (Lipinski definition) is 0. The summed E-state index contributed by atoms with van der Waals surface area (Å²) in [7, 11) is 0. The monoisotopic (exact) mass is 168 g/mol. The number of fused-ring (bicyclic) bond motifs is 1. The van der Waals surface area contributed by atoms with Crippen molar-refractivity contribution in [2.75, 3.05) is 0 Å². The maximum atomic E-state index is 11.3. The Hall–Kier alpha value is -0.530. The van der Waals surface area contributed by atoms with Crippen LogP contribution in [0.2, 0.25) is 0 Å². The van der Waals surface area contributed by atoms with Crippen molar-refractivity contribution in [2.24, 2.45) is 17.8 Å². The molecular formula is C10H16O2. The predicted octanol–water partition coefficient (Wildman–Crippen LogP) is 1.98. The van der Waals surface area contributed by atoms with Gasteiger partial charge in [-0.3, -0.25) is 4.79 Å². The number of hydrogen-bond acceptors (Lipinski definition) is 2. The van der Waals surface area contributed by atoms with Crippen LogP contribution in [-0.2, 0) is 9.53 Å². The van der Waals surface area contributed by atoms with E-state index in [-0.39, 0.29) is 18.0 Å². The number of cyclic esters (lactones) is 1. The van der Waals surface area contributed by atoms with Crippen molar-refractivity contribution < 1.29 is 9.53 Å². The molecule has 1 aliphatic carbocycles. The molecule has 2 heteroatoms. The summed E-state index contributed by atoms with van der Waals surface area (Å²) in [6, 6.07) is 0. The third-order valence-corrected chi connectivity index (χ3v) is 3.30. The summed E-state index contributed by atoms with van der Waals surface area (Å²) in [5, 5.41) is 0. The molecule has 0 radical (unpaired) electrons. The van der Waals surface area contributed by atoms with Crippen molar-refractivity contribution in [3.05, 3.63) is 0 Å². The molecular weight excluding hydrogens is 152 g/mol. The standard InChI is InChI=1S/C10H16O2/c1-3-9-7-4-6(2)5-8(7)10(11)12-9/h6-9H,3-5H2,1-2H3. The van der Waals surface area contributed by atoms with E-state index in [2.05, 4.69) is 13.8 Å². The molecule has 0 spiro atoms. The molecule has 4 unspecified atom stereocenters. The molecule has 0 aromatic rings. The number of rotatable bonds is 1. The molecule has 0 aromatic carbocycles. The van der Waals surface area contributed by atoms with Crippen molar-refractivity contribution in [3.63, 3.8) is 0 Å². The van der Waals surface area contributed by atoms with E-state index in [1.54, 1.807) is 0 Å². The van der Waals surface area contributed by atoms with Crippen LogP contribution in [0.3, 0.4) is 0 Å². The van der Waals surface area contributed by atoms with E-state index in [0.717, 1.165) is 18.8 Å². The van der Waals surface area contributed by atoms with Gasteiger partial charge in [-0.05, 0) is 25.2 Å². The van der Waals surface area contributed by atoms with Crippen LogP contribution in [0.5, 0.6) is 0 Å². The molecule has 2 fully saturated rings. The number of carbonyl (C=O) groups is 1. The summed E-state index contributed by atoms with van der Waals surface area (Å²) < 4.78 is 5.29. The van der Waals surface area contributed by atoms with Crippen molar-refractivity contribution in [1.29, 1.82) is 0 Å². The van der Waals surface area contributed by atoms with Gasteiger partial charge in [0.25, 0.3) is 0 Å². The number of carbonyl (C=O) groups excluding carboxylic acids is 1. The molecule has 1 aliphatic heterocycles. The zero-order chi connectivity index (χ0) is 8.72. The lowest BCUT2D eigenvalue weighted by atomic mass is 9.93. The quantitative estimate of drug-likeness (QED) is 0.560. The first-order chi connectivity index (χ1) is 5.72. The van der Waals surface area contributed by atoms with Gasteiger partial charge in [0.05, 0.1) is 5.92 Å². The first kappa shape index (κ1) is 8.09. The molecule has 0 aromatic heterocycles. The van der Waals surface area contributed by atoms with Gasteiger partial charge in [-0.2, -0.15) is 0 Å². The van der Waals surface area contributed by atoms with E-state index < -0.39 is 0 Å². The van der Waals surface area contributed by atoms with Gasteiger partial charge in [-0.25, -0.2) is 0 Å². The van der Waals surface area contributed by atoms with Crippen molar-refractivity contribution in [2.45, 2.75) is 39.2 Å². The Labute approximate surface area is 73.3 Å². The zero-order valence-electron chi connectivity index (χ0n) is 7.75. The summed E-state index contributed by atoms with van der Waals surface area (Å²) in [6.45, 7) is 4.33. The molecule has 0 N–H and O–H groups in total. The highest BCUT2D eigenvalue weighted by Crippen LogP contribution is 2.45. The van der Waals surface area contributed by atoms with E-state index in [4.69, 9.17) is 4.74 Å². The van der Waals surface area contributed by atoms with Gasteiger partial charge in [-0.15, -0.1) is 0 Å². The summed E-state index contributed by atoms with van der Waals surface area (Å²) >= 11 is 0. The van der Waals surface area contributed by atoms with Crippen LogP contribution in [0.4, 0.5) is 0 Å². The molecule has 1 saturated carbocycles. The van der Waals surface area contributed by atoms with E-state index in [0.29, 0.717) is 5.92 Å². The Morgan fingerprint density at radius 3 is 2.92 bits per heavy atom. The summed E-state index contributed by atoms with van der Waals surface area (Å²) in [5.41, 5.74) is 0. The average Bonchev–Trinajstić information content (AvgIpc) is 2.52. The molecule has 4 atom stereocenters. The number of ether oxygens (including phenoxy) is 1. The molecule has 2 rings (SSSR count). The molecule has 0 bridgehead atoms. The second-order valence-electron chi connectivity index (χ2n) is 4.23.